The highest BCUT2D eigenvalue weighted by atomic mass is 16.5. The molecule has 3 heteroatoms. The molecule has 2 aromatic carbocycles. The molecule has 0 aliphatic carbocycles. The van der Waals surface area contributed by atoms with Crippen LogP contribution in [0.15, 0.2) is 54.6 Å². The largest absolute Gasteiger partial charge is 0.494 e. The third kappa shape index (κ3) is 6.84. The van der Waals surface area contributed by atoms with Crippen molar-refractivity contribution in [3.05, 3.63) is 60.2 Å². The molecule has 132 valence electrons. The summed E-state index contributed by atoms with van der Waals surface area (Å²) in [5, 5.41) is 8.65. The summed E-state index contributed by atoms with van der Waals surface area (Å²) in [5.41, 5.74) is 3.08. The fourth-order valence-electron chi connectivity index (χ4n) is 2.59. The van der Waals surface area contributed by atoms with E-state index < -0.39 is 5.97 Å². The van der Waals surface area contributed by atoms with Crippen LogP contribution in [-0.2, 0) is 4.79 Å². The van der Waals surface area contributed by atoms with Crippen molar-refractivity contribution in [2.75, 3.05) is 6.61 Å². The number of rotatable bonds is 10. The van der Waals surface area contributed by atoms with Crippen LogP contribution in [0.4, 0.5) is 0 Å². The van der Waals surface area contributed by atoms with Gasteiger partial charge in [-0.1, -0.05) is 69.0 Å². The van der Waals surface area contributed by atoms with Crippen molar-refractivity contribution >= 4 is 12.0 Å². The van der Waals surface area contributed by atoms with Gasteiger partial charge in [0.05, 0.1) is 6.61 Å². The fraction of sp³-hybridized carbons (Fsp3) is 0.318. The van der Waals surface area contributed by atoms with Crippen molar-refractivity contribution in [2.45, 2.75) is 39.0 Å². The van der Waals surface area contributed by atoms with Gasteiger partial charge in [0.2, 0.25) is 0 Å². The average molecular weight is 338 g/mol. The van der Waals surface area contributed by atoms with E-state index in [2.05, 4.69) is 19.1 Å². The second kappa shape index (κ2) is 10.3. The van der Waals surface area contributed by atoms with Gasteiger partial charge in [-0.05, 0) is 41.3 Å². The fourth-order valence-corrected chi connectivity index (χ4v) is 2.59. The number of carboxylic acid groups (broad SMARTS) is 1. The molecule has 0 aliphatic heterocycles. The Hall–Kier alpha value is -2.55. The SMILES string of the molecule is CCCCCCCOc1ccc(-c2ccc(C=CC(=O)O)cc2)cc1. The lowest BCUT2D eigenvalue weighted by atomic mass is 10.0. The Kier molecular flexibility index (Phi) is 7.77. The molecular weight excluding hydrogens is 312 g/mol. The molecule has 0 amide bonds. The average Bonchev–Trinajstić information content (AvgIpc) is 2.64. The van der Waals surface area contributed by atoms with E-state index in [9.17, 15) is 4.79 Å². The number of benzene rings is 2. The number of carbonyl (C=O) groups is 1. The van der Waals surface area contributed by atoms with E-state index >= 15 is 0 Å². The van der Waals surface area contributed by atoms with Gasteiger partial charge in [0.25, 0.3) is 0 Å². The van der Waals surface area contributed by atoms with E-state index in [-0.39, 0.29) is 0 Å². The normalized spacial score (nSPS) is 10.9. The molecule has 0 atom stereocenters. The Morgan fingerprint density at radius 2 is 1.52 bits per heavy atom. The van der Waals surface area contributed by atoms with Gasteiger partial charge in [-0.3, -0.25) is 0 Å². The molecule has 0 heterocycles. The highest BCUT2D eigenvalue weighted by molar-refractivity contribution is 5.85. The number of carboxylic acids is 1. The Labute approximate surface area is 150 Å². The first-order valence-corrected chi connectivity index (χ1v) is 8.93. The lowest BCUT2D eigenvalue weighted by Gasteiger charge is -2.08. The van der Waals surface area contributed by atoms with Gasteiger partial charge >= 0.3 is 5.97 Å². The van der Waals surface area contributed by atoms with E-state index in [1.807, 2.05) is 36.4 Å². The quantitative estimate of drug-likeness (QED) is 0.440. The maximum absolute atomic E-state index is 10.5. The van der Waals surface area contributed by atoms with Crippen LogP contribution >= 0.6 is 0 Å². The molecule has 0 saturated heterocycles. The third-order valence-electron chi connectivity index (χ3n) is 4.03. The molecule has 2 rings (SSSR count). The molecule has 0 bridgehead atoms. The topological polar surface area (TPSA) is 46.5 Å². The number of hydrogen-bond donors (Lipinski definition) is 1. The second-order valence-corrected chi connectivity index (χ2v) is 6.08. The van der Waals surface area contributed by atoms with Crippen molar-refractivity contribution in [1.29, 1.82) is 0 Å². The summed E-state index contributed by atoms with van der Waals surface area (Å²) in [7, 11) is 0. The molecule has 0 aliphatic rings. The molecule has 0 fully saturated rings. The predicted octanol–water partition coefficient (Wildman–Crippen LogP) is 5.80. The van der Waals surface area contributed by atoms with Crippen molar-refractivity contribution in [1.82, 2.24) is 0 Å². The first-order valence-electron chi connectivity index (χ1n) is 8.93. The van der Waals surface area contributed by atoms with Gasteiger partial charge in [0.1, 0.15) is 5.75 Å². The minimum atomic E-state index is -0.940. The highest BCUT2D eigenvalue weighted by Gasteiger charge is 2.00. The number of ether oxygens (including phenoxy) is 1. The molecule has 1 N–H and O–H groups in total. The van der Waals surface area contributed by atoms with Gasteiger partial charge in [-0.2, -0.15) is 0 Å². The Morgan fingerprint density at radius 1 is 0.920 bits per heavy atom. The van der Waals surface area contributed by atoms with Gasteiger partial charge in [-0.25, -0.2) is 4.79 Å². The molecule has 3 nitrogen and oxygen atoms in total. The second-order valence-electron chi connectivity index (χ2n) is 6.08. The van der Waals surface area contributed by atoms with Crippen molar-refractivity contribution in [3.63, 3.8) is 0 Å². The zero-order valence-corrected chi connectivity index (χ0v) is 14.8. The van der Waals surface area contributed by atoms with E-state index in [0.29, 0.717) is 0 Å². The molecule has 2 aromatic rings. The maximum atomic E-state index is 10.5. The molecule has 0 unspecified atom stereocenters. The Bertz CT molecular complexity index is 669. The van der Waals surface area contributed by atoms with Crippen LogP contribution in [0.2, 0.25) is 0 Å². The van der Waals surface area contributed by atoms with Crippen LogP contribution in [-0.4, -0.2) is 17.7 Å². The lowest BCUT2D eigenvalue weighted by molar-refractivity contribution is -0.131. The molecule has 0 spiro atoms. The maximum Gasteiger partial charge on any atom is 0.328 e. The summed E-state index contributed by atoms with van der Waals surface area (Å²) in [6.45, 7) is 2.99. The first kappa shape index (κ1) is 18.8. The van der Waals surface area contributed by atoms with Crippen molar-refractivity contribution in [2.24, 2.45) is 0 Å². The molecule has 0 saturated carbocycles. The van der Waals surface area contributed by atoms with Gasteiger partial charge in [0, 0.05) is 6.08 Å². The van der Waals surface area contributed by atoms with Crippen LogP contribution in [0.1, 0.15) is 44.6 Å². The minimum Gasteiger partial charge on any atom is -0.494 e. The van der Waals surface area contributed by atoms with Crippen LogP contribution in [0, 0.1) is 0 Å². The van der Waals surface area contributed by atoms with Crippen LogP contribution in [0.5, 0.6) is 5.75 Å². The van der Waals surface area contributed by atoms with E-state index in [4.69, 9.17) is 9.84 Å². The Balaban J connectivity index is 1.86. The highest BCUT2D eigenvalue weighted by Crippen LogP contribution is 2.23. The summed E-state index contributed by atoms with van der Waals surface area (Å²) >= 11 is 0. The smallest absolute Gasteiger partial charge is 0.328 e. The van der Waals surface area contributed by atoms with Crippen molar-refractivity contribution < 1.29 is 14.6 Å². The van der Waals surface area contributed by atoms with E-state index in [0.717, 1.165) is 41.5 Å². The molecule has 0 radical (unpaired) electrons. The monoisotopic (exact) mass is 338 g/mol. The van der Waals surface area contributed by atoms with Crippen LogP contribution in [0.25, 0.3) is 17.2 Å². The van der Waals surface area contributed by atoms with Crippen LogP contribution in [0.3, 0.4) is 0 Å². The van der Waals surface area contributed by atoms with Gasteiger partial charge < -0.3 is 9.84 Å². The first-order chi connectivity index (χ1) is 12.2. The molecule has 25 heavy (non-hydrogen) atoms. The minimum absolute atomic E-state index is 0.771. The standard InChI is InChI=1S/C22H26O3/c1-2-3-4-5-6-17-25-21-14-12-20(13-15-21)19-10-7-18(8-11-19)9-16-22(23)24/h7-16H,2-6,17H2,1H3,(H,23,24). The summed E-state index contributed by atoms with van der Waals surface area (Å²) in [5.74, 6) is -0.0368. The summed E-state index contributed by atoms with van der Waals surface area (Å²) < 4.78 is 5.79. The zero-order chi connectivity index (χ0) is 17.9. The zero-order valence-electron chi connectivity index (χ0n) is 14.8. The van der Waals surface area contributed by atoms with Gasteiger partial charge in [-0.15, -0.1) is 0 Å². The number of aliphatic carboxylic acids is 1. The summed E-state index contributed by atoms with van der Waals surface area (Å²) in [6, 6.07) is 15.9. The van der Waals surface area contributed by atoms with Crippen molar-refractivity contribution in [3.8, 4) is 16.9 Å². The molecule has 0 aromatic heterocycles. The summed E-state index contributed by atoms with van der Waals surface area (Å²) in [4.78, 5) is 10.5. The van der Waals surface area contributed by atoms with E-state index in [1.54, 1.807) is 6.08 Å². The number of hydrogen-bond acceptors (Lipinski definition) is 2. The number of unbranched alkanes of at least 4 members (excludes halogenated alkanes) is 4. The van der Waals surface area contributed by atoms with Crippen LogP contribution < -0.4 is 4.74 Å². The third-order valence-corrected chi connectivity index (χ3v) is 4.03. The summed E-state index contributed by atoms with van der Waals surface area (Å²) in [6.07, 6.45) is 8.92. The Morgan fingerprint density at radius 3 is 2.12 bits per heavy atom. The molecular formula is C22H26O3. The van der Waals surface area contributed by atoms with Gasteiger partial charge in [0.15, 0.2) is 0 Å². The predicted molar refractivity (Wildman–Crippen MR) is 103 cm³/mol. The van der Waals surface area contributed by atoms with E-state index in [1.165, 1.54) is 25.7 Å². The lowest BCUT2D eigenvalue weighted by Crippen LogP contribution is -1.97.